The first-order valence-corrected chi connectivity index (χ1v) is 18.2. The fourth-order valence-corrected chi connectivity index (χ4v) is 6.97. The van der Waals surface area contributed by atoms with Gasteiger partial charge in [-0.2, -0.15) is 27.1 Å². The molecule has 0 amide bonds. The number of phenolic OH excluding ortho intramolecular Hbond substituents is 2. The number of nitrogens with one attached hydrogen (secondary N) is 1. The Hall–Kier alpha value is -5.74. The number of aryl methyl sites for hydroxylation is 4. The van der Waals surface area contributed by atoms with Crippen molar-refractivity contribution in [1.29, 1.82) is 0 Å². The number of benzene rings is 6. The number of aromatic hydroxyl groups is 2. The lowest BCUT2D eigenvalue weighted by Crippen LogP contribution is -2.00. The van der Waals surface area contributed by atoms with Gasteiger partial charge >= 0.3 is 0 Å². The molecule has 51 heavy (non-hydrogen) atoms. The molecule has 5 N–H and O–H groups in total. The highest BCUT2D eigenvalue weighted by Gasteiger charge is 2.24. The average molecular weight is 726 g/mol. The van der Waals surface area contributed by atoms with Crippen LogP contribution in [0.4, 0.5) is 34.1 Å². The standard InChI is InChI=1S/C36H31N5O8S2/c1-19-5-11-29(21(3)13-19)38-40-33-31(50(44,45)46)17-23-15-25(7-9-27(23)35(33)42)37-26-8-10-28-24(16-26)18-32(51(47,48)49)34(36(28)43)41-39-30-12-6-20(2)14-22(30)4/h5-18,37,42-43H,1-4H3,(H,44,45,46)(H,47,48,49). The van der Waals surface area contributed by atoms with Gasteiger partial charge in [-0.25, -0.2) is 0 Å². The summed E-state index contributed by atoms with van der Waals surface area (Å²) in [5.41, 5.74) is 4.43. The number of azo groups is 2. The first kappa shape index (κ1) is 35.1. The maximum absolute atomic E-state index is 12.4. The fraction of sp³-hybridized carbons (Fsp3) is 0.111. The van der Waals surface area contributed by atoms with Crippen LogP contribution in [-0.4, -0.2) is 36.2 Å². The van der Waals surface area contributed by atoms with Crippen LogP contribution in [0.1, 0.15) is 22.3 Å². The second-order valence-corrected chi connectivity index (χ2v) is 14.9. The van der Waals surface area contributed by atoms with Crippen LogP contribution in [0.5, 0.6) is 11.5 Å². The molecule has 0 atom stereocenters. The molecule has 15 heteroatoms. The number of hydrogen-bond acceptors (Lipinski definition) is 11. The topological polar surface area (TPSA) is 211 Å². The molecule has 0 spiro atoms. The van der Waals surface area contributed by atoms with E-state index in [1.807, 2.05) is 52.0 Å². The van der Waals surface area contributed by atoms with Crippen LogP contribution in [0.2, 0.25) is 0 Å². The molecule has 0 unspecified atom stereocenters. The Bertz CT molecular complexity index is 2510. The molecular weight excluding hydrogens is 695 g/mol. The minimum atomic E-state index is -4.85. The van der Waals surface area contributed by atoms with E-state index in [-0.39, 0.29) is 21.5 Å². The summed E-state index contributed by atoms with van der Waals surface area (Å²) in [4.78, 5) is -1.30. The van der Waals surface area contributed by atoms with Crippen molar-refractivity contribution in [3.63, 3.8) is 0 Å². The van der Waals surface area contributed by atoms with Gasteiger partial charge in [-0.15, -0.1) is 10.2 Å². The second kappa shape index (κ2) is 13.2. The summed E-state index contributed by atoms with van der Waals surface area (Å²) in [7, 11) is -9.71. The van der Waals surface area contributed by atoms with Crippen LogP contribution >= 0.6 is 0 Å². The third-order valence-corrected chi connectivity index (χ3v) is 9.90. The van der Waals surface area contributed by atoms with E-state index in [1.165, 1.54) is 24.3 Å². The first-order valence-electron chi connectivity index (χ1n) is 15.3. The van der Waals surface area contributed by atoms with E-state index in [0.717, 1.165) is 34.4 Å². The molecule has 6 aromatic carbocycles. The molecule has 0 heterocycles. The molecule has 0 saturated heterocycles. The molecule has 0 bridgehead atoms. The molecule has 0 aliphatic heterocycles. The van der Waals surface area contributed by atoms with Gasteiger partial charge in [-0.1, -0.05) is 35.4 Å². The van der Waals surface area contributed by atoms with Crippen LogP contribution < -0.4 is 5.32 Å². The monoisotopic (exact) mass is 725 g/mol. The minimum absolute atomic E-state index is 0.228. The summed E-state index contributed by atoms with van der Waals surface area (Å²) in [6, 6.07) is 22.4. The van der Waals surface area contributed by atoms with E-state index in [0.29, 0.717) is 22.7 Å². The van der Waals surface area contributed by atoms with Crippen LogP contribution in [-0.2, 0) is 20.2 Å². The van der Waals surface area contributed by atoms with Crippen molar-refractivity contribution >= 4 is 75.9 Å². The highest BCUT2D eigenvalue weighted by atomic mass is 32.2. The van der Waals surface area contributed by atoms with E-state index >= 15 is 0 Å². The fourth-order valence-electron chi connectivity index (χ4n) is 5.65. The van der Waals surface area contributed by atoms with Gasteiger partial charge in [0.25, 0.3) is 20.2 Å². The minimum Gasteiger partial charge on any atom is -0.505 e. The Labute approximate surface area is 293 Å². The summed E-state index contributed by atoms with van der Waals surface area (Å²) >= 11 is 0. The van der Waals surface area contributed by atoms with Crippen LogP contribution in [0.15, 0.2) is 115 Å². The SMILES string of the molecule is Cc1ccc(N=Nc2c(S(=O)(=O)O)cc3cc(Nc4ccc5c(O)c(N=Nc6ccc(C)cc6C)c(S(=O)(=O)O)cc5c4)ccc3c2O)c(C)c1. The van der Waals surface area contributed by atoms with Crippen molar-refractivity contribution in [2.45, 2.75) is 37.5 Å². The van der Waals surface area contributed by atoms with E-state index in [1.54, 1.807) is 24.3 Å². The molecule has 0 fully saturated rings. The summed E-state index contributed by atoms with van der Waals surface area (Å²) in [5, 5.41) is 42.5. The number of fused-ring (bicyclic) bond motifs is 2. The van der Waals surface area contributed by atoms with Gasteiger partial charge < -0.3 is 15.5 Å². The highest BCUT2D eigenvalue weighted by molar-refractivity contribution is 7.86. The number of nitrogens with zero attached hydrogens (tertiary/aromatic N) is 4. The summed E-state index contributed by atoms with van der Waals surface area (Å²) in [6.45, 7) is 7.43. The van der Waals surface area contributed by atoms with Crippen molar-refractivity contribution in [1.82, 2.24) is 0 Å². The van der Waals surface area contributed by atoms with Gasteiger partial charge in [0.05, 0.1) is 11.4 Å². The largest absolute Gasteiger partial charge is 0.505 e. The normalized spacial score (nSPS) is 12.4. The van der Waals surface area contributed by atoms with Crippen LogP contribution in [0.25, 0.3) is 21.5 Å². The van der Waals surface area contributed by atoms with Crippen LogP contribution in [0, 0.1) is 27.7 Å². The predicted octanol–water partition coefficient (Wildman–Crippen LogP) is 9.71. The van der Waals surface area contributed by atoms with Crippen molar-refractivity contribution in [2.24, 2.45) is 20.5 Å². The Balaban J connectivity index is 1.38. The van der Waals surface area contributed by atoms with Crippen molar-refractivity contribution in [2.75, 3.05) is 5.32 Å². The maximum atomic E-state index is 12.4. The molecule has 0 aromatic heterocycles. The zero-order chi connectivity index (χ0) is 36.8. The van der Waals surface area contributed by atoms with Gasteiger partial charge in [0.1, 0.15) is 21.2 Å². The lowest BCUT2D eigenvalue weighted by molar-refractivity contribution is 0.471. The molecule has 0 saturated carbocycles. The number of rotatable bonds is 8. The summed E-state index contributed by atoms with van der Waals surface area (Å²) in [5.74, 6) is -1.02. The maximum Gasteiger partial charge on any atom is 0.296 e. The van der Waals surface area contributed by atoms with Gasteiger partial charge in [-0.3, -0.25) is 9.11 Å². The lowest BCUT2D eigenvalue weighted by atomic mass is 10.1. The van der Waals surface area contributed by atoms with Crippen molar-refractivity contribution in [3.05, 3.63) is 107 Å². The van der Waals surface area contributed by atoms with Gasteiger partial charge in [0.15, 0.2) is 11.5 Å². The molecule has 0 aliphatic rings. The van der Waals surface area contributed by atoms with Gasteiger partial charge in [-0.05, 0) is 110 Å². The van der Waals surface area contributed by atoms with E-state index in [2.05, 4.69) is 25.8 Å². The van der Waals surface area contributed by atoms with E-state index in [4.69, 9.17) is 0 Å². The lowest BCUT2D eigenvalue weighted by Gasteiger charge is -2.13. The third kappa shape index (κ3) is 7.27. The molecule has 6 rings (SSSR count). The molecule has 13 nitrogen and oxygen atoms in total. The van der Waals surface area contributed by atoms with E-state index in [9.17, 15) is 36.2 Å². The Kier molecular flexibility index (Phi) is 9.07. The number of hydrogen-bond donors (Lipinski definition) is 5. The van der Waals surface area contributed by atoms with E-state index < -0.39 is 52.9 Å². The van der Waals surface area contributed by atoms with Crippen molar-refractivity contribution in [3.8, 4) is 11.5 Å². The molecule has 0 aliphatic carbocycles. The second-order valence-electron chi connectivity index (χ2n) is 12.1. The Morgan fingerprint density at radius 1 is 0.510 bits per heavy atom. The summed E-state index contributed by atoms with van der Waals surface area (Å²) < 4.78 is 69.7. The smallest absolute Gasteiger partial charge is 0.296 e. The molecule has 0 radical (unpaired) electrons. The molecule has 6 aromatic rings. The quantitative estimate of drug-likeness (QED) is 0.0745. The number of anilines is 2. The Morgan fingerprint density at radius 2 is 0.902 bits per heavy atom. The molecule has 260 valence electrons. The van der Waals surface area contributed by atoms with Crippen molar-refractivity contribution < 1.29 is 36.2 Å². The third-order valence-electron chi connectivity index (χ3n) is 8.17. The Morgan fingerprint density at radius 3 is 1.25 bits per heavy atom. The highest BCUT2D eigenvalue weighted by Crippen LogP contribution is 2.44. The average Bonchev–Trinajstić information content (AvgIpc) is 3.04. The van der Waals surface area contributed by atoms with Gasteiger partial charge in [0.2, 0.25) is 0 Å². The first-order chi connectivity index (χ1) is 24.0. The summed E-state index contributed by atoms with van der Waals surface area (Å²) in [6.07, 6.45) is 0. The zero-order valence-corrected chi connectivity index (χ0v) is 29.2. The number of phenols is 2. The predicted molar refractivity (Wildman–Crippen MR) is 194 cm³/mol. The molecular formula is C36H31N5O8S2. The van der Waals surface area contributed by atoms with Crippen LogP contribution in [0.3, 0.4) is 0 Å². The zero-order valence-electron chi connectivity index (χ0n) is 27.6. The van der Waals surface area contributed by atoms with Gasteiger partial charge in [0, 0.05) is 22.1 Å².